The van der Waals surface area contributed by atoms with Crippen LogP contribution in [-0.4, -0.2) is 10.1 Å². The minimum absolute atomic E-state index is 0.0594. The van der Waals surface area contributed by atoms with Crippen LogP contribution in [0.25, 0.3) is 0 Å². The quantitative estimate of drug-likeness (QED) is 0.794. The Bertz CT molecular complexity index is 405. The second-order valence-electron chi connectivity index (χ2n) is 5.73. The first-order valence-electron chi connectivity index (χ1n) is 5.67. The van der Waals surface area contributed by atoms with E-state index >= 15 is 0 Å². The number of hydrogen-bond acceptors (Lipinski definition) is 2. The van der Waals surface area contributed by atoms with E-state index in [2.05, 4.69) is 18.8 Å². The van der Waals surface area contributed by atoms with E-state index in [4.69, 9.17) is 0 Å². The third-order valence-electron chi connectivity index (χ3n) is 3.66. The van der Waals surface area contributed by atoms with Crippen LogP contribution in [0.4, 0.5) is 4.39 Å². The van der Waals surface area contributed by atoms with Gasteiger partial charge in [0.25, 0.3) is 0 Å². The molecule has 0 aromatic carbocycles. The van der Waals surface area contributed by atoms with Gasteiger partial charge in [-0.2, -0.15) is 0 Å². The van der Waals surface area contributed by atoms with Gasteiger partial charge in [-0.3, -0.25) is 4.98 Å². The summed E-state index contributed by atoms with van der Waals surface area (Å²) in [5.74, 6) is -0.339. The Kier molecular flexibility index (Phi) is 2.54. The second kappa shape index (κ2) is 3.52. The zero-order valence-electron chi connectivity index (χ0n) is 10.00. The molecular formula is C13H18FNO. The summed E-state index contributed by atoms with van der Waals surface area (Å²) >= 11 is 0. The minimum atomic E-state index is -1.05. The van der Waals surface area contributed by atoms with Gasteiger partial charge in [0.05, 0.1) is 11.8 Å². The molecule has 1 aliphatic rings. The van der Waals surface area contributed by atoms with Crippen LogP contribution in [-0.2, 0) is 5.60 Å². The predicted octanol–water partition coefficient (Wildman–Crippen LogP) is 2.86. The summed E-state index contributed by atoms with van der Waals surface area (Å²) in [5.41, 5.74) is -0.596. The Hall–Kier alpha value is -0.960. The molecule has 0 bridgehead atoms. The number of halogens is 1. The average molecular weight is 223 g/mol. The van der Waals surface area contributed by atoms with Crippen LogP contribution >= 0.6 is 0 Å². The molecule has 88 valence electrons. The molecular weight excluding hydrogens is 205 g/mol. The van der Waals surface area contributed by atoms with E-state index in [9.17, 15) is 9.50 Å². The second-order valence-corrected chi connectivity index (χ2v) is 5.73. The fraction of sp³-hybridized carbons (Fsp3) is 0.615. The predicted molar refractivity (Wildman–Crippen MR) is 60.3 cm³/mol. The molecule has 1 N–H and O–H groups in total. The van der Waals surface area contributed by atoms with Crippen molar-refractivity contribution >= 4 is 0 Å². The fourth-order valence-electron chi connectivity index (χ4n) is 3.06. The van der Waals surface area contributed by atoms with Crippen LogP contribution in [0, 0.1) is 17.2 Å². The minimum Gasteiger partial charge on any atom is -0.385 e. The number of hydrogen-bond donors (Lipinski definition) is 1. The smallest absolute Gasteiger partial charge is 0.147 e. The highest BCUT2D eigenvalue weighted by molar-refractivity contribution is 5.24. The van der Waals surface area contributed by atoms with Crippen molar-refractivity contribution in [3.8, 4) is 0 Å². The molecule has 16 heavy (non-hydrogen) atoms. The maximum atomic E-state index is 13.7. The van der Waals surface area contributed by atoms with E-state index in [-0.39, 0.29) is 11.3 Å². The van der Waals surface area contributed by atoms with E-state index in [0.717, 1.165) is 6.42 Å². The molecule has 2 unspecified atom stereocenters. The maximum absolute atomic E-state index is 13.7. The zero-order valence-corrected chi connectivity index (χ0v) is 10.00. The summed E-state index contributed by atoms with van der Waals surface area (Å²) in [5, 5.41) is 10.7. The van der Waals surface area contributed by atoms with Crippen molar-refractivity contribution in [2.75, 3.05) is 0 Å². The van der Waals surface area contributed by atoms with E-state index in [1.807, 2.05) is 6.92 Å². The summed E-state index contributed by atoms with van der Waals surface area (Å²) in [6, 6.07) is 1.59. The monoisotopic (exact) mass is 223 g/mol. The molecule has 0 spiro atoms. The lowest BCUT2D eigenvalue weighted by molar-refractivity contribution is -0.00418. The topological polar surface area (TPSA) is 33.1 Å². The number of aliphatic hydroxyl groups is 1. The molecule has 2 atom stereocenters. The maximum Gasteiger partial charge on any atom is 0.147 e. The number of aromatic nitrogens is 1. The molecule has 1 fully saturated rings. The molecule has 0 aliphatic heterocycles. The zero-order chi connectivity index (χ0) is 12.0. The average Bonchev–Trinajstić information content (AvgIpc) is 2.36. The van der Waals surface area contributed by atoms with Crippen LogP contribution in [0.2, 0.25) is 0 Å². The Balaban J connectivity index is 2.44. The van der Waals surface area contributed by atoms with Crippen molar-refractivity contribution < 1.29 is 9.50 Å². The van der Waals surface area contributed by atoms with Crippen molar-refractivity contribution in [2.45, 2.75) is 39.2 Å². The van der Waals surface area contributed by atoms with Crippen molar-refractivity contribution in [3.05, 3.63) is 29.8 Å². The highest BCUT2D eigenvalue weighted by Gasteiger charge is 2.49. The highest BCUT2D eigenvalue weighted by Crippen LogP contribution is 2.52. The van der Waals surface area contributed by atoms with Crippen LogP contribution in [0.15, 0.2) is 18.5 Å². The number of nitrogens with zero attached hydrogens (tertiary/aromatic N) is 1. The van der Waals surface area contributed by atoms with Gasteiger partial charge in [-0.05, 0) is 30.2 Å². The van der Waals surface area contributed by atoms with E-state index in [1.165, 1.54) is 12.4 Å². The molecule has 1 aromatic rings. The van der Waals surface area contributed by atoms with E-state index in [0.29, 0.717) is 12.0 Å². The van der Waals surface area contributed by atoms with Gasteiger partial charge in [-0.1, -0.05) is 20.8 Å². The standard InChI is InChI=1S/C13H18FNO/c1-9-6-12(2,3)8-13(9,16)10-4-5-15-7-11(10)14/h4-5,7,9,16H,6,8H2,1-3H3. The Morgan fingerprint density at radius 2 is 2.19 bits per heavy atom. The molecule has 0 radical (unpaired) electrons. The highest BCUT2D eigenvalue weighted by atomic mass is 19.1. The van der Waals surface area contributed by atoms with Gasteiger partial charge < -0.3 is 5.11 Å². The molecule has 1 aliphatic carbocycles. The van der Waals surface area contributed by atoms with Gasteiger partial charge in [0.2, 0.25) is 0 Å². The van der Waals surface area contributed by atoms with Crippen LogP contribution in [0.3, 0.4) is 0 Å². The molecule has 1 saturated carbocycles. The van der Waals surface area contributed by atoms with Gasteiger partial charge in [0, 0.05) is 11.8 Å². The van der Waals surface area contributed by atoms with Crippen LogP contribution < -0.4 is 0 Å². The molecule has 2 nitrogen and oxygen atoms in total. The fourth-order valence-corrected chi connectivity index (χ4v) is 3.06. The SMILES string of the molecule is CC1CC(C)(C)CC1(O)c1ccncc1F. The summed E-state index contributed by atoms with van der Waals surface area (Å²) in [6.07, 6.45) is 4.22. The van der Waals surface area contributed by atoms with Crippen LogP contribution in [0.5, 0.6) is 0 Å². The Morgan fingerprint density at radius 3 is 2.69 bits per heavy atom. The van der Waals surface area contributed by atoms with Crippen LogP contribution in [0.1, 0.15) is 39.2 Å². The summed E-state index contributed by atoms with van der Waals surface area (Å²) in [6.45, 7) is 6.20. The Labute approximate surface area is 95.5 Å². The normalized spacial score (nSPS) is 32.9. The number of rotatable bonds is 1. The third-order valence-corrected chi connectivity index (χ3v) is 3.66. The van der Waals surface area contributed by atoms with Gasteiger partial charge in [0.15, 0.2) is 0 Å². The van der Waals surface area contributed by atoms with Crippen molar-refractivity contribution in [1.82, 2.24) is 4.98 Å². The van der Waals surface area contributed by atoms with Gasteiger partial charge >= 0.3 is 0 Å². The summed E-state index contributed by atoms with van der Waals surface area (Å²) < 4.78 is 13.7. The molecule has 1 heterocycles. The van der Waals surface area contributed by atoms with Crippen molar-refractivity contribution in [1.29, 1.82) is 0 Å². The van der Waals surface area contributed by atoms with E-state index < -0.39 is 11.4 Å². The lowest BCUT2D eigenvalue weighted by atomic mass is 9.84. The molecule has 0 amide bonds. The van der Waals surface area contributed by atoms with Gasteiger partial charge in [0.1, 0.15) is 5.82 Å². The lowest BCUT2D eigenvalue weighted by Gasteiger charge is -2.29. The number of pyridine rings is 1. The molecule has 0 saturated heterocycles. The molecule has 3 heteroatoms. The first-order valence-corrected chi connectivity index (χ1v) is 5.67. The first kappa shape index (κ1) is 11.5. The Morgan fingerprint density at radius 1 is 1.50 bits per heavy atom. The lowest BCUT2D eigenvalue weighted by Crippen LogP contribution is -2.30. The summed E-state index contributed by atoms with van der Waals surface area (Å²) in [4.78, 5) is 3.72. The largest absolute Gasteiger partial charge is 0.385 e. The first-order chi connectivity index (χ1) is 7.35. The van der Waals surface area contributed by atoms with Crippen molar-refractivity contribution in [3.63, 3.8) is 0 Å². The van der Waals surface area contributed by atoms with Crippen molar-refractivity contribution in [2.24, 2.45) is 11.3 Å². The third kappa shape index (κ3) is 1.73. The molecule has 2 rings (SSSR count). The van der Waals surface area contributed by atoms with Gasteiger partial charge in [-0.15, -0.1) is 0 Å². The summed E-state index contributed by atoms with van der Waals surface area (Å²) in [7, 11) is 0. The van der Waals surface area contributed by atoms with Gasteiger partial charge in [-0.25, -0.2) is 4.39 Å². The molecule has 1 aromatic heterocycles. The van der Waals surface area contributed by atoms with E-state index in [1.54, 1.807) is 6.07 Å².